The Morgan fingerprint density at radius 3 is 2.52 bits per heavy atom. The molecule has 27 heavy (non-hydrogen) atoms. The van der Waals surface area contributed by atoms with Crippen molar-refractivity contribution in [3.63, 3.8) is 0 Å². The van der Waals surface area contributed by atoms with Gasteiger partial charge in [0.15, 0.2) is 0 Å². The van der Waals surface area contributed by atoms with Crippen LogP contribution in [0.3, 0.4) is 0 Å². The number of pyridine rings is 1. The smallest absolute Gasteiger partial charge is 0.114 e. The Labute approximate surface area is 160 Å². The van der Waals surface area contributed by atoms with E-state index in [2.05, 4.69) is 69.7 Å². The number of anilines is 1. The Morgan fingerprint density at radius 2 is 1.85 bits per heavy atom. The van der Waals surface area contributed by atoms with Crippen LogP contribution in [0.5, 0.6) is 0 Å². The van der Waals surface area contributed by atoms with E-state index >= 15 is 0 Å². The van der Waals surface area contributed by atoms with Gasteiger partial charge in [0.2, 0.25) is 0 Å². The standard InChI is InChI=1S/C21H26N6/c1-25(2)19-7-5-17(6-8-19)15-26-12-9-20(10-13-26)27-16-21(23-24-27)18-4-3-11-22-14-18/h3-8,11,14,16,20H,9-10,12-13,15H2,1-2H3. The second-order valence-electron chi connectivity index (χ2n) is 7.39. The van der Waals surface area contributed by atoms with E-state index in [1.807, 2.05) is 23.0 Å². The van der Waals surface area contributed by atoms with Gasteiger partial charge in [0.1, 0.15) is 5.69 Å². The number of aromatic nitrogens is 4. The number of piperidine rings is 1. The highest BCUT2D eigenvalue weighted by atomic mass is 15.4. The summed E-state index contributed by atoms with van der Waals surface area (Å²) in [6.07, 6.45) is 7.87. The van der Waals surface area contributed by atoms with Gasteiger partial charge >= 0.3 is 0 Å². The molecule has 6 heteroatoms. The fourth-order valence-electron chi connectivity index (χ4n) is 3.60. The number of likely N-dealkylation sites (tertiary alicyclic amines) is 1. The van der Waals surface area contributed by atoms with E-state index in [0.717, 1.165) is 43.7 Å². The Bertz CT molecular complexity index is 848. The summed E-state index contributed by atoms with van der Waals surface area (Å²) in [7, 11) is 4.15. The largest absolute Gasteiger partial charge is 0.378 e. The summed E-state index contributed by atoms with van der Waals surface area (Å²) >= 11 is 0. The van der Waals surface area contributed by atoms with E-state index in [1.165, 1.54) is 11.3 Å². The summed E-state index contributed by atoms with van der Waals surface area (Å²) in [5.74, 6) is 0. The van der Waals surface area contributed by atoms with Crippen molar-refractivity contribution in [1.29, 1.82) is 0 Å². The SMILES string of the molecule is CN(C)c1ccc(CN2CCC(n3cc(-c4cccnc4)nn3)CC2)cc1. The summed E-state index contributed by atoms with van der Waals surface area (Å²) in [4.78, 5) is 8.82. The molecule has 2 aromatic heterocycles. The molecule has 1 aliphatic heterocycles. The van der Waals surface area contributed by atoms with Crippen LogP contribution in [-0.2, 0) is 6.54 Å². The maximum atomic E-state index is 4.37. The lowest BCUT2D eigenvalue weighted by molar-refractivity contribution is 0.172. The molecular formula is C21H26N6. The van der Waals surface area contributed by atoms with Gasteiger partial charge in [-0.25, -0.2) is 4.68 Å². The Morgan fingerprint density at radius 1 is 1.07 bits per heavy atom. The number of nitrogens with zero attached hydrogens (tertiary/aromatic N) is 6. The number of benzene rings is 1. The molecule has 1 saturated heterocycles. The average Bonchev–Trinajstić information content (AvgIpc) is 3.20. The van der Waals surface area contributed by atoms with Gasteiger partial charge in [0.05, 0.1) is 12.2 Å². The molecule has 0 N–H and O–H groups in total. The van der Waals surface area contributed by atoms with Crippen LogP contribution in [0.15, 0.2) is 55.0 Å². The molecule has 0 bridgehead atoms. The maximum absolute atomic E-state index is 4.37. The third kappa shape index (κ3) is 4.17. The molecule has 4 rings (SSSR count). The van der Waals surface area contributed by atoms with Gasteiger partial charge in [-0.15, -0.1) is 5.10 Å². The predicted octanol–water partition coefficient (Wildman–Crippen LogP) is 3.24. The third-order valence-corrected chi connectivity index (χ3v) is 5.26. The van der Waals surface area contributed by atoms with E-state index < -0.39 is 0 Å². The molecule has 140 valence electrons. The van der Waals surface area contributed by atoms with Crippen LogP contribution >= 0.6 is 0 Å². The zero-order valence-corrected chi connectivity index (χ0v) is 16.0. The lowest BCUT2D eigenvalue weighted by Gasteiger charge is -2.31. The molecule has 0 atom stereocenters. The van der Waals surface area contributed by atoms with Crippen molar-refractivity contribution in [2.24, 2.45) is 0 Å². The molecule has 0 radical (unpaired) electrons. The zero-order valence-electron chi connectivity index (χ0n) is 16.0. The minimum atomic E-state index is 0.426. The topological polar surface area (TPSA) is 50.1 Å². The highest BCUT2D eigenvalue weighted by Crippen LogP contribution is 2.25. The van der Waals surface area contributed by atoms with E-state index in [-0.39, 0.29) is 0 Å². The summed E-state index contributed by atoms with van der Waals surface area (Å²) < 4.78 is 2.03. The zero-order chi connectivity index (χ0) is 18.6. The average molecular weight is 362 g/mol. The molecule has 3 aromatic rings. The molecule has 1 fully saturated rings. The van der Waals surface area contributed by atoms with Gasteiger partial charge in [0, 0.05) is 57.4 Å². The van der Waals surface area contributed by atoms with Crippen molar-refractivity contribution in [1.82, 2.24) is 24.9 Å². The van der Waals surface area contributed by atoms with Crippen LogP contribution in [0.1, 0.15) is 24.4 Å². The van der Waals surface area contributed by atoms with Gasteiger partial charge in [0.25, 0.3) is 0 Å². The summed E-state index contributed by atoms with van der Waals surface area (Å²) in [5.41, 5.74) is 4.53. The van der Waals surface area contributed by atoms with Crippen LogP contribution in [0.4, 0.5) is 5.69 Å². The quantitative estimate of drug-likeness (QED) is 0.697. The molecule has 0 aliphatic carbocycles. The van der Waals surface area contributed by atoms with Gasteiger partial charge in [-0.1, -0.05) is 17.3 Å². The first-order chi connectivity index (χ1) is 13.2. The minimum Gasteiger partial charge on any atom is -0.378 e. The molecule has 0 unspecified atom stereocenters. The van der Waals surface area contributed by atoms with Crippen molar-refractivity contribution < 1.29 is 0 Å². The lowest BCUT2D eigenvalue weighted by Crippen LogP contribution is -2.34. The van der Waals surface area contributed by atoms with Gasteiger partial charge in [-0.2, -0.15) is 0 Å². The number of hydrogen-bond donors (Lipinski definition) is 0. The van der Waals surface area contributed by atoms with Gasteiger partial charge in [-0.05, 0) is 42.7 Å². The van der Waals surface area contributed by atoms with Crippen LogP contribution in [0.25, 0.3) is 11.3 Å². The Kier molecular flexibility index (Phi) is 5.16. The van der Waals surface area contributed by atoms with Crippen molar-refractivity contribution in [2.75, 3.05) is 32.1 Å². The van der Waals surface area contributed by atoms with Crippen molar-refractivity contribution in [2.45, 2.75) is 25.4 Å². The molecular weight excluding hydrogens is 336 g/mol. The predicted molar refractivity (Wildman–Crippen MR) is 108 cm³/mol. The minimum absolute atomic E-state index is 0.426. The summed E-state index contributed by atoms with van der Waals surface area (Å²) in [6, 6.07) is 13.2. The number of rotatable bonds is 5. The fraction of sp³-hybridized carbons (Fsp3) is 0.381. The normalized spacial score (nSPS) is 15.8. The van der Waals surface area contributed by atoms with Crippen LogP contribution in [0.2, 0.25) is 0 Å². The molecule has 6 nitrogen and oxygen atoms in total. The molecule has 1 aromatic carbocycles. The highest BCUT2D eigenvalue weighted by molar-refractivity contribution is 5.55. The fourth-order valence-corrected chi connectivity index (χ4v) is 3.60. The monoisotopic (exact) mass is 362 g/mol. The molecule has 1 aliphatic rings. The Hall–Kier alpha value is -2.73. The maximum Gasteiger partial charge on any atom is 0.114 e. The summed E-state index contributed by atoms with van der Waals surface area (Å²) in [5, 5.41) is 8.69. The van der Waals surface area contributed by atoms with Gasteiger partial charge < -0.3 is 4.90 Å². The van der Waals surface area contributed by atoms with E-state index in [4.69, 9.17) is 0 Å². The second-order valence-corrected chi connectivity index (χ2v) is 7.39. The van der Waals surface area contributed by atoms with E-state index in [9.17, 15) is 0 Å². The van der Waals surface area contributed by atoms with Crippen molar-refractivity contribution >= 4 is 5.69 Å². The number of hydrogen-bond acceptors (Lipinski definition) is 5. The highest BCUT2D eigenvalue weighted by Gasteiger charge is 2.22. The van der Waals surface area contributed by atoms with E-state index in [1.54, 1.807) is 6.20 Å². The van der Waals surface area contributed by atoms with Crippen LogP contribution in [-0.4, -0.2) is 52.1 Å². The molecule has 0 spiro atoms. The van der Waals surface area contributed by atoms with Crippen molar-refractivity contribution in [3.8, 4) is 11.3 Å². The first-order valence-corrected chi connectivity index (χ1v) is 9.50. The second kappa shape index (κ2) is 7.88. The van der Waals surface area contributed by atoms with Crippen LogP contribution in [0, 0.1) is 0 Å². The lowest BCUT2D eigenvalue weighted by atomic mass is 10.0. The Balaban J connectivity index is 1.33. The molecule has 3 heterocycles. The first-order valence-electron chi connectivity index (χ1n) is 9.50. The first kappa shape index (κ1) is 17.7. The van der Waals surface area contributed by atoms with E-state index in [0.29, 0.717) is 6.04 Å². The molecule has 0 amide bonds. The summed E-state index contributed by atoms with van der Waals surface area (Å²) in [6.45, 7) is 3.18. The molecule has 0 saturated carbocycles. The van der Waals surface area contributed by atoms with Crippen molar-refractivity contribution in [3.05, 3.63) is 60.6 Å². The third-order valence-electron chi connectivity index (χ3n) is 5.26. The van der Waals surface area contributed by atoms with Crippen LogP contribution < -0.4 is 4.90 Å². The van der Waals surface area contributed by atoms with Gasteiger partial charge in [-0.3, -0.25) is 9.88 Å².